The van der Waals surface area contributed by atoms with E-state index >= 15 is 0 Å². The molecule has 1 unspecified atom stereocenters. The number of methoxy groups -OCH3 is 1. The number of aryl methyl sites for hydroxylation is 1. The maximum Gasteiger partial charge on any atom is 0.343 e. The third-order valence-electron chi connectivity index (χ3n) is 4.08. The zero-order valence-corrected chi connectivity index (χ0v) is 14.0. The fourth-order valence-corrected chi connectivity index (χ4v) is 2.69. The number of fused-ring (bicyclic) bond motifs is 1. The number of ether oxygens (including phenoxy) is 3. The van der Waals surface area contributed by atoms with Crippen molar-refractivity contribution in [1.82, 2.24) is 10.3 Å². The van der Waals surface area contributed by atoms with Gasteiger partial charge in [-0.3, -0.25) is 0 Å². The molecule has 2 heterocycles. The Balaban J connectivity index is 1.84. The molecule has 1 atom stereocenters. The summed E-state index contributed by atoms with van der Waals surface area (Å²) in [4.78, 5) is 16.0. The summed E-state index contributed by atoms with van der Waals surface area (Å²) in [6.07, 6.45) is 0.999. The zero-order valence-electron chi connectivity index (χ0n) is 14.0. The number of nitrogens with one attached hydrogen (secondary N) is 1. The van der Waals surface area contributed by atoms with Crippen molar-refractivity contribution in [2.24, 2.45) is 0 Å². The maximum atomic E-state index is 11.4. The molecule has 1 aliphatic heterocycles. The molecule has 1 N–H and O–H groups in total. The van der Waals surface area contributed by atoms with Gasteiger partial charge in [0.25, 0.3) is 0 Å². The van der Waals surface area contributed by atoms with Crippen molar-refractivity contribution in [3.8, 4) is 5.88 Å². The van der Waals surface area contributed by atoms with Crippen LogP contribution in [0.15, 0.2) is 24.3 Å². The number of hydrogen-bond donors (Lipinski definition) is 1. The van der Waals surface area contributed by atoms with Crippen LogP contribution in [-0.4, -0.2) is 43.9 Å². The van der Waals surface area contributed by atoms with Crippen LogP contribution in [0.5, 0.6) is 5.88 Å². The summed E-state index contributed by atoms with van der Waals surface area (Å²) in [5, 5.41) is 4.50. The Kier molecular flexibility index (Phi) is 5.27. The lowest BCUT2D eigenvalue weighted by Gasteiger charge is -2.15. The smallest absolute Gasteiger partial charge is 0.343 e. The Morgan fingerprint density at radius 1 is 1.42 bits per heavy atom. The Bertz CT molecular complexity index is 726. The molecule has 1 aromatic heterocycles. The highest BCUT2D eigenvalue weighted by Gasteiger charge is 2.17. The average Bonchev–Trinajstić information content (AvgIpc) is 3.10. The summed E-state index contributed by atoms with van der Waals surface area (Å²) in [6.45, 7) is 3.99. The number of pyridine rings is 1. The van der Waals surface area contributed by atoms with Crippen LogP contribution < -0.4 is 10.1 Å². The van der Waals surface area contributed by atoms with Gasteiger partial charge in [-0.1, -0.05) is 12.1 Å². The largest absolute Gasteiger partial charge is 0.466 e. The minimum atomic E-state index is -0.427. The van der Waals surface area contributed by atoms with E-state index in [9.17, 15) is 4.79 Å². The van der Waals surface area contributed by atoms with E-state index in [-0.39, 0.29) is 6.61 Å². The molecule has 6 heteroatoms. The molecule has 0 radical (unpaired) electrons. The first-order chi connectivity index (χ1) is 11.7. The molecule has 1 saturated heterocycles. The van der Waals surface area contributed by atoms with E-state index in [2.05, 4.69) is 27.2 Å². The fourth-order valence-electron chi connectivity index (χ4n) is 2.69. The van der Waals surface area contributed by atoms with E-state index in [1.165, 1.54) is 7.11 Å². The van der Waals surface area contributed by atoms with Crippen molar-refractivity contribution >= 4 is 16.9 Å². The van der Waals surface area contributed by atoms with Crippen molar-refractivity contribution in [3.05, 3.63) is 35.4 Å². The Hall–Kier alpha value is -2.18. The van der Waals surface area contributed by atoms with Crippen LogP contribution in [0.4, 0.5) is 0 Å². The van der Waals surface area contributed by atoms with E-state index in [0.29, 0.717) is 18.5 Å². The van der Waals surface area contributed by atoms with E-state index in [1.54, 1.807) is 0 Å². The number of benzene rings is 1. The molecule has 0 spiro atoms. The normalized spacial score (nSPS) is 17.2. The molecule has 0 bridgehead atoms. The van der Waals surface area contributed by atoms with Crippen molar-refractivity contribution in [1.29, 1.82) is 0 Å². The summed E-state index contributed by atoms with van der Waals surface area (Å²) < 4.78 is 15.6. The summed E-state index contributed by atoms with van der Waals surface area (Å²) >= 11 is 0. The van der Waals surface area contributed by atoms with Crippen LogP contribution in [0.2, 0.25) is 0 Å². The monoisotopic (exact) mass is 330 g/mol. The number of esters is 1. The number of rotatable bonds is 6. The van der Waals surface area contributed by atoms with Gasteiger partial charge in [-0.25, -0.2) is 9.78 Å². The number of nitrogens with zero attached hydrogens (tertiary/aromatic N) is 1. The zero-order chi connectivity index (χ0) is 16.9. The van der Waals surface area contributed by atoms with E-state index < -0.39 is 5.97 Å². The van der Waals surface area contributed by atoms with Crippen LogP contribution in [0.1, 0.15) is 17.5 Å². The molecule has 128 valence electrons. The van der Waals surface area contributed by atoms with Gasteiger partial charge in [-0.15, -0.1) is 0 Å². The molecule has 1 fully saturated rings. The first-order valence-corrected chi connectivity index (χ1v) is 8.07. The molecule has 3 rings (SSSR count). The fraction of sp³-hybridized carbons (Fsp3) is 0.444. The Morgan fingerprint density at radius 3 is 3.04 bits per heavy atom. The van der Waals surface area contributed by atoms with Gasteiger partial charge in [0.2, 0.25) is 5.88 Å². The first kappa shape index (κ1) is 16.7. The molecular formula is C18H22N2O4. The van der Waals surface area contributed by atoms with Gasteiger partial charge in [0.05, 0.1) is 19.2 Å². The standard InChI is InChI=1S/C18H22N2O4/c1-12-3-4-13-8-14(9-19-15-5-6-23-10-15)18(20-16(13)7-12)24-11-17(21)22-2/h3-4,7-8,15,19H,5-6,9-11H2,1-2H3. The molecule has 1 aromatic carbocycles. The van der Waals surface area contributed by atoms with Gasteiger partial charge in [0.15, 0.2) is 6.61 Å². The molecular weight excluding hydrogens is 308 g/mol. The van der Waals surface area contributed by atoms with Gasteiger partial charge in [0, 0.05) is 30.1 Å². The van der Waals surface area contributed by atoms with Crippen LogP contribution in [0.25, 0.3) is 10.9 Å². The molecule has 1 aliphatic rings. The van der Waals surface area contributed by atoms with Crippen molar-refractivity contribution < 1.29 is 19.0 Å². The number of carbonyl (C=O) groups is 1. The van der Waals surface area contributed by atoms with E-state index in [4.69, 9.17) is 9.47 Å². The molecule has 0 saturated carbocycles. The predicted octanol–water partition coefficient (Wildman–Crippen LogP) is 1.97. The topological polar surface area (TPSA) is 69.7 Å². The quantitative estimate of drug-likeness (QED) is 0.817. The SMILES string of the molecule is COC(=O)COc1nc2cc(C)ccc2cc1CNC1CCOC1. The van der Waals surface area contributed by atoms with E-state index in [0.717, 1.165) is 41.7 Å². The predicted molar refractivity (Wildman–Crippen MR) is 90.1 cm³/mol. The second-order valence-corrected chi connectivity index (χ2v) is 5.96. The maximum absolute atomic E-state index is 11.4. The molecule has 0 aliphatic carbocycles. The van der Waals surface area contributed by atoms with Gasteiger partial charge in [-0.05, 0) is 31.0 Å². The summed E-state index contributed by atoms with van der Waals surface area (Å²) in [6, 6.07) is 8.50. The highest BCUT2D eigenvalue weighted by atomic mass is 16.6. The van der Waals surface area contributed by atoms with E-state index in [1.807, 2.05) is 19.1 Å². The number of carbonyl (C=O) groups excluding carboxylic acids is 1. The Morgan fingerprint density at radius 2 is 2.29 bits per heavy atom. The molecule has 24 heavy (non-hydrogen) atoms. The van der Waals surface area contributed by atoms with Gasteiger partial charge < -0.3 is 19.5 Å². The summed E-state index contributed by atoms with van der Waals surface area (Å²) in [5.74, 6) is 0.0363. The van der Waals surface area contributed by atoms with Gasteiger partial charge in [-0.2, -0.15) is 0 Å². The van der Waals surface area contributed by atoms with Crippen LogP contribution in [-0.2, 0) is 20.8 Å². The first-order valence-electron chi connectivity index (χ1n) is 8.07. The minimum Gasteiger partial charge on any atom is -0.466 e. The molecule has 0 amide bonds. The highest BCUT2D eigenvalue weighted by Crippen LogP contribution is 2.24. The number of aromatic nitrogens is 1. The third kappa shape index (κ3) is 4.01. The summed E-state index contributed by atoms with van der Waals surface area (Å²) in [5.41, 5.74) is 2.90. The average molecular weight is 330 g/mol. The van der Waals surface area contributed by atoms with Crippen LogP contribution >= 0.6 is 0 Å². The van der Waals surface area contributed by atoms with Crippen molar-refractivity contribution in [2.75, 3.05) is 26.9 Å². The lowest BCUT2D eigenvalue weighted by Crippen LogP contribution is -2.29. The molecule has 2 aromatic rings. The van der Waals surface area contributed by atoms with Crippen LogP contribution in [0, 0.1) is 6.92 Å². The van der Waals surface area contributed by atoms with Gasteiger partial charge in [0.1, 0.15) is 0 Å². The highest BCUT2D eigenvalue weighted by molar-refractivity contribution is 5.81. The van der Waals surface area contributed by atoms with Crippen molar-refractivity contribution in [3.63, 3.8) is 0 Å². The summed E-state index contributed by atoms with van der Waals surface area (Å²) in [7, 11) is 1.34. The van der Waals surface area contributed by atoms with Crippen LogP contribution in [0.3, 0.4) is 0 Å². The Labute approximate surface area is 141 Å². The van der Waals surface area contributed by atoms with Gasteiger partial charge >= 0.3 is 5.97 Å². The second kappa shape index (κ2) is 7.59. The third-order valence-corrected chi connectivity index (χ3v) is 4.08. The lowest BCUT2D eigenvalue weighted by molar-refractivity contribution is -0.143. The lowest BCUT2D eigenvalue weighted by atomic mass is 10.1. The number of hydrogen-bond acceptors (Lipinski definition) is 6. The minimum absolute atomic E-state index is 0.152. The van der Waals surface area contributed by atoms with Crippen molar-refractivity contribution in [2.45, 2.75) is 25.9 Å². The molecule has 6 nitrogen and oxygen atoms in total. The second-order valence-electron chi connectivity index (χ2n) is 5.96.